The van der Waals surface area contributed by atoms with E-state index in [4.69, 9.17) is 0 Å². The van der Waals surface area contributed by atoms with Gasteiger partial charge >= 0.3 is 0 Å². The third-order valence-corrected chi connectivity index (χ3v) is 5.57. The van der Waals surface area contributed by atoms with Gasteiger partial charge in [0.25, 0.3) is 0 Å². The fourth-order valence-electron chi connectivity index (χ4n) is 3.74. The number of carbonyl (C=O) groups excluding carboxylic acids is 1. The molecule has 3 heteroatoms. The average Bonchev–Trinajstić information content (AvgIpc) is 2.69. The first-order valence-corrected chi connectivity index (χ1v) is 10.2. The van der Waals surface area contributed by atoms with Crippen LogP contribution in [-0.2, 0) is 17.8 Å². The molecule has 2 aromatic carbocycles. The molecule has 0 radical (unpaired) electrons. The molecule has 27 heavy (non-hydrogen) atoms. The quantitative estimate of drug-likeness (QED) is 0.791. The first-order chi connectivity index (χ1) is 13.1. The van der Waals surface area contributed by atoms with Crippen LogP contribution in [0.2, 0.25) is 0 Å². The number of piperidine rings is 1. The van der Waals surface area contributed by atoms with Crippen LogP contribution in [0, 0.1) is 5.92 Å². The highest BCUT2D eigenvalue weighted by Gasteiger charge is 2.24. The van der Waals surface area contributed by atoms with E-state index >= 15 is 0 Å². The van der Waals surface area contributed by atoms with Crippen LogP contribution in [0.5, 0.6) is 0 Å². The topological polar surface area (TPSA) is 32.3 Å². The minimum Gasteiger partial charge on any atom is -0.356 e. The molecule has 0 atom stereocenters. The van der Waals surface area contributed by atoms with Crippen LogP contribution in [0.4, 0.5) is 0 Å². The lowest BCUT2D eigenvalue weighted by molar-refractivity contribution is -0.126. The van der Waals surface area contributed by atoms with Crippen molar-refractivity contribution < 1.29 is 4.79 Å². The van der Waals surface area contributed by atoms with Gasteiger partial charge in [-0.3, -0.25) is 9.69 Å². The minimum atomic E-state index is 0.167. The maximum Gasteiger partial charge on any atom is 0.223 e. The molecule has 3 nitrogen and oxygen atoms in total. The molecule has 1 saturated heterocycles. The molecule has 1 fully saturated rings. The lowest BCUT2D eigenvalue weighted by atomic mass is 9.95. The van der Waals surface area contributed by atoms with Crippen LogP contribution < -0.4 is 5.32 Å². The fourth-order valence-corrected chi connectivity index (χ4v) is 3.74. The molecule has 1 aliphatic heterocycles. The Morgan fingerprint density at radius 2 is 1.67 bits per heavy atom. The summed E-state index contributed by atoms with van der Waals surface area (Å²) in [6, 6.07) is 19.3. The van der Waals surface area contributed by atoms with Crippen molar-refractivity contribution in [1.29, 1.82) is 0 Å². The predicted molar refractivity (Wildman–Crippen MR) is 112 cm³/mol. The summed E-state index contributed by atoms with van der Waals surface area (Å²) in [4.78, 5) is 14.9. The lowest BCUT2D eigenvalue weighted by Crippen LogP contribution is -2.40. The maximum atomic E-state index is 12.5. The number of nitrogens with zero attached hydrogens (tertiary/aromatic N) is 1. The summed E-state index contributed by atoms with van der Waals surface area (Å²) < 4.78 is 0. The van der Waals surface area contributed by atoms with Crippen molar-refractivity contribution in [2.75, 3.05) is 19.6 Å². The molecule has 0 bridgehead atoms. The highest BCUT2D eigenvalue weighted by atomic mass is 16.1. The van der Waals surface area contributed by atoms with E-state index in [9.17, 15) is 4.79 Å². The molecule has 1 aliphatic rings. The van der Waals surface area contributed by atoms with Crippen molar-refractivity contribution in [3.8, 4) is 0 Å². The SMILES string of the molecule is CC(C)c1ccc(CCNC(=O)C2CCN(Cc3ccccc3)CC2)cc1. The number of amides is 1. The van der Waals surface area contributed by atoms with Crippen molar-refractivity contribution in [1.82, 2.24) is 10.2 Å². The smallest absolute Gasteiger partial charge is 0.223 e. The summed E-state index contributed by atoms with van der Waals surface area (Å²) in [6.07, 6.45) is 2.82. The zero-order valence-electron chi connectivity index (χ0n) is 16.7. The molecule has 0 aromatic heterocycles. The Hall–Kier alpha value is -2.13. The first-order valence-electron chi connectivity index (χ1n) is 10.2. The summed E-state index contributed by atoms with van der Waals surface area (Å²) in [5.74, 6) is 0.958. The van der Waals surface area contributed by atoms with Gasteiger partial charge in [0.1, 0.15) is 0 Å². The average molecular weight is 365 g/mol. The zero-order valence-corrected chi connectivity index (χ0v) is 16.7. The van der Waals surface area contributed by atoms with Gasteiger partial charge in [0.05, 0.1) is 0 Å². The van der Waals surface area contributed by atoms with Gasteiger partial charge in [0, 0.05) is 19.0 Å². The molecule has 1 amide bonds. The van der Waals surface area contributed by atoms with Gasteiger partial charge in [0.15, 0.2) is 0 Å². The van der Waals surface area contributed by atoms with E-state index in [1.165, 1.54) is 16.7 Å². The van der Waals surface area contributed by atoms with E-state index in [0.29, 0.717) is 5.92 Å². The number of benzene rings is 2. The lowest BCUT2D eigenvalue weighted by Gasteiger charge is -2.31. The summed E-state index contributed by atoms with van der Waals surface area (Å²) >= 11 is 0. The van der Waals surface area contributed by atoms with Crippen molar-refractivity contribution in [3.63, 3.8) is 0 Å². The van der Waals surface area contributed by atoms with Gasteiger partial charge in [-0.15, -0.1) is 0 Å². The fraction of sp³-hybridized carbons (Fsp3) is 0.458. The van der Waals surface area contributed by atoms with Crippen molar-refractivity contribution in [3.05, 3.63) is 71.3 Å². The van der Waals surface area contributed by atoms with Crippen molar-refractivity contribution >= 4 is 5.91 Å². The maximum absolute atomic E-state index is 12.5. The predicted octanol–water partition coefficient (Wildman–Crippen LogP) is 4.38. The van der Waals surface area contributed by atoms with Crippen LogP contribution in [0.25, 0.3) is 0 Å². The highest BCUT2D eigenvalue weighted by molar-refractivity contribution is 5.78. The van der Waals surface area contributed by atoms with Gasteiger partial charge < -0.3 is 5.32 Å². The zero-order chi connectivity index (χ0) is 19.1. The summed E-state index contributed by atoms with van der Waals surface area (Å²) in [7, 11) is 0. The van der Waals surface area contributed by atoms with E-state index in [2.05, 4.69) is 78.7 Å². The third-order valence-electron chi connectivity index (χ3n) is 5.57. The van der Waals surface area contributed by atoms with Crippen LogP contribution >= 0.6 is 0 Å². The van der Waals surface area contributed by atoms with E-state index in [0.717, 1.165) is 45.4 Å². The number of carbonyl (C=O) groups is 1. The Balaban J connectivity index is 1.37. The Bertz CT molecular complexity index is 701. The van der Waals surface area contributed by atoms with Crippen LogP contribution in [-0.4, -0.2) is 30.4 Å². The Morgan fingerprint density at radius 1 is 1.00 bits per heavy atom. The molecule has 0 unspecified atom stereocenters. The second-order valence-corrected chi connectivity index (χ2v) is 7.97. The second kappa shape index (κ2) is 9.70. The van der Waals surface area contributed by atoms with Gasteiger partial charge in [-0.05, 0) is 55.0 Å². The number of hydrogen-bond acceptors (Lipinski definition) is 2. The van der Waals surface area contributed by atoms with Crippen LogP contribution in [0.15, 0.2) is 54.6 Å². The van der Waals surface area contributed by atoms with E-state index in [-0.39, 0.29) is 11.8 Å². The van der Waals surface area contributed by atoms with Crippen LogP contribution in [0.1, 0.15) is 49.3 Å². The van der Waals surface area contributed by atoms with Gasteiger partial charge in [-0.1, -0.05) is 68.4 Å². The van der Waals surface area contributed by atoms with E-state index in [1.807, 2.05) is 0 Å². The molecule has 0 saturated carbocycles. The molecule has 0 aliphatic carbocycles. The molecule has 1 heterocycles. The van der Waals surface area contributed by atoms with E-state index < -0.39 is 0 Å². The normalized spacial score (nSPS) is 15.8. The Kier molecular flexibility index (Phi) is 7.05. The molecule has 3 rings (SSSR count). The molecular formula is C24H32N2O. The Morgan fingerprint density at radius 3 is 2.30 bits per heavy atom. The standard InChI is InChI=1S/C24H32N2O/c1-19(2)22-10-8-20(9-11-22)12-15-25-24(27)23-13-16-26(17-14-23)18-21-6-4-3-5-7-21/h3-11,19,23H,12-18H2,1-2H3,(H,25,27). The summed E-state index contributed by atoms with van der Waals surface area (Å²) in [5, 5.41) is 3.15. The first kappa shape index (κ1) is 19.6. The molecular weight excluding hydrogens is 332 g/mol. The van der Waals surface area contributed by atoms with E-state index in [1.54, 1.807) is 0 Å². The number of nitrogens with one attached hydrogen (secondary N) is 1. The van der Waals surface area contributed by atoms with Gasteiger partial charge in [0.2, 0.25) is 5.91 Å². The second-order valence-electron chi connectivity index (χ2n) is 7.97. The molecule has 0 spiro atoms. The van der Waals surface area contributed by atoms with Crippen molar-refractivity contribution in [2.24, 2.45) is 5.92 Å². The third kappa shape index (κ3) is 5.93. The molecule has 144 valence electrons. The van der Waals surface area contributed by atoms with Gasteiger partial charge in [-0.2, -0.15) is 0 Å². The van der Waals surface area contributed by atoms with Crippen molar-refractivity contribution in [2.45, 2.75) is 45.6 Å². The minimum absolute atomic E-state index is 0.167. The monoisotopic (exact) mass is 364 g/mol. The molecule has 2 aromatic rings. The van der Waals surface area contributed by atoms with Gasteiger partial charge in [-0.25, -0.2) is 0 Å². The highest BCUT2D eigenvalue weighted by Crippen LogP contribution is 2.19. The number of hydrogen-bond donors (Lipinski definition) is 1. The number of likely N-dealkylation sites (tertiary alicyclic amines) is 1. The largest absolute Gasteiger partial charge is 0.356 e. The van der Waals surface area contributed by atoms with Crippen LogP contribution in [0.3, 0.4) is 0 Å². The summed E-state index contributed by atoms with van der Waals surface area (Å²) in [5.41, 5.74) is 4.01. The molecule has 1 N–H and O–H groups in total. The summed E-state index contributed by atoms with van der Waals surface area (Å²) in [6.45, 7) is 8.14. The number of rotatable bonds is 7. The Labute approximate surface area is 163 Å².